The van der Waals surface area contributed by atoms with Gasteiger partial charge in [0.1, 0.15) is 16.9 Å². The van der Waals surface area contributed by atoms with Crippen molar-refractivity contribution in [3.05, 3.63) is 23.1 Å². The molecule has 3 aliphatic rings. The maximum Gasteiger partial charge on any atom is 0.358 e. The summed E-state index contributed by atoms with van der Waals surface area (Å²) in [5, 5.41) is 10.2. The molecule has 0 bridgehead atoms. The smallest absolute Gasteiger partial charge is 0.358 e. The Hall–Kier alpha value is -2.77. The van der Waals surface area contributed by atoms with E-state index in [9.17, 15) is 27.9 Å². The quantitative estimate of drug-likeness (QED) is 0.297. The average Bonchev–Trinajstić information content (AvgIpc) is 3.48. The van der Waals surface area contributed by atoms with Crippen molar-refractivity contribution in [1.29, 1.82) is 0 Å². The third-order valence-corrected chi connectivity index (χ3v) is 10.4. The van der Waals surface area contributed by atoms with E-state index in [4.69, 9.17) is 9.47 Å². The Morgan fingerprint density at radius 2 is 1.87 bits per heavy atom. The molecule has 11 nitrogen and oxygen atoms in total. The lowest BCUT2D eigenvalue weighted by Gasteiger charge is -2.46. The van der Waals surface area contributed by atoms with Gasteiger partial charge in [-0.2, -0.15) is 0 Å². The lowest BCUT2D eigenvalue weighted by atomic mass is 9.76. The zero-order valence-corrected chi connectivity index (χ0v) is 24.2. The van der Waals surface area contributed by atoms with Crippen LogP contribution in [0.2, 0.25) is 0 Å². The van der Waals surface area contributed by atoms with Crippen LogP contribution in [0.3, 0.4) is 0 Å². The van der Waals surface area contributed by atoms with E-state index in [1.54, 1.807) is 10.6 Å². The molecule has 1 amide bonds. The van der Waals surface area contributed by atoms with Gasteiger partial charge in [0.05, 0.1) is 28.4 Å². The number of esters is 2. The average molecular weight is 580 g/mol. The summed E-state index contributed by atoms with van der Waals surface area (Å²) in [7, 11) is -3.59. The van der Waals surface area contributed by atoms with Gasteiger partial charge in [0, 0.05) is 30.9 Å². The van der Waals surface area contributed by atoms with Crippen LogP contribution in [0.25, 0.3) is 10.4 Å². The third-order valence-electron chi connectivity index (χ3n) is 8.16. The molecule has 5 atom stereocenters. The molecule has 5 rings (SSSR count). The first-order valence-electron chi connectivity index (χ1n) is 13.1. The van der Waals surface area contributed by atoms with E-state index in [-0.39, 0.29) is 16.6 Å². The summed E-state index contributed by atoms with van der Waals surface area (Å²) in [4.78, 5) is 45.8. The minimum atomic E-state index is -3.59. The van der Waals surface area contributed by atoms with Gasteiger partial charge in [-0.25, -0.2) is 18.2 Å². The van der Waals surface area contributed by atoms with Crippen LogP contribution in [0.1, 0.15) is 64.7 Å². The van der Waals surface area contributed by atoms with Gasteiger partial charge in [0.2, 0.25) is 12.2 Å². The van der Waals surface area contributed by atoms with Crippen molar-refractivity contribution in [3.63, 3.8) is 0 Å². The summed E-state index contributed by atoms with van der Waals surface area (Å²) < 4.78 is 37.1. The molecule has 4 heterocycles. The van der Waals surface area contributed by atoms with Crippen LogP contribution in [-0.2, 0) is 33.7 Å². The SMILES string of the molecule is CC(OC(=O)C1=C(c2cn3cnc(S(C)(=O)=O)c3s2)[C@H](C)[C@@H]2[C@@H]([C@@H](C)O)C(=O)N12)OC(=O)C1(C)CCCCC1. The Kier molecular flexibility index (Phi) is 6.91. The highest BCUT2D eigenvalue weighted by Gasteiger charge is 2.60. The Morgan fingerprint density at radius 1 is 1.21 bits per heavy atom. The topological polar surface area (TPSA) is 145 Å². The van der Waals surface area contributed by atoms with Gasteiger partial charge in [0.15, 0.2) is 14.9 Å². The van der Waals surface area contributed by atoms with Crippen molar-refractivity contribution in [2.75, 3.05) is 6.26 Å². The van der Waals surface area contributed by atoms with Gasteiger partial charge in [-0.3, -0.25) is 14.0 Å². The Morgan fingerprint density at radius 3 is 2.49 bits per heavy atom. The lowest BCUT2D eigenvalue weighted by molar-refractivity contribution is -0.193. The molecule has 1 saturated carbocycles. The molecule has 0 spiro atoms. The van der Waals surface area contributed by atoms with E-state index in [1.165, 1.54) is 25.1 Å². The van der Waals surface area contributed by atoms with E-state index in [0.29, 0.717) is 28.1 Å². The van der Waals surface area contributed by atoms with E-state index in [0.717, 1.165) is 36.9 Å². The molecule has 2 aromatic heterocycles. The molecule has 0 aromatic carbocycles. The number of nitrogens with zero attached hydrogens (tertiary/aromatic N) is 3. The summed E-state index contributed by atoms with van der Waals surface area (Å²) in [5.41, 5.74) is -0.106. The first-order valence-corrected chi connectivity index (χ1v) is 15.8. The molecule has 2 fully saturated rings. The molecule has 1 aliphatic carbocycles. The number of imidazole rings is 1. The zero-order valence-electron chi connectivity index (χ0n) is 22.5. The zero-order chi connectivity index (χ0) is 28.4. The number of fused-ring (bicyclic) bond motifs is 2. The van der Waals surface area contributed by atoms with E-state index in [1.807, 2.05) is 13.8 Å². The first-order chi connectivity index (χ1) is 18.2. The second kappa shape index (κ2) is 9.70. The standard InChI is InChI=1S/C26H33N3O8S2/c1-13-17(16-11-28-12-27-21(23(28)38-16)39(5,34)35)20(29-19(13)18(14(2)30)22(29)31)24(32)36-15(3)37-25(33)26(4)9-7-6-8-10-26/h11-15,18-19,30H,6-10H2,1-5H3/t13-,14+,15?,18+,19+/m0/s1. The molecular weight excluding hydrogens is 546 g/mol. The van der Waals surface area contributed by atoms with Crippen LogP contribution in [0.5, 0.6) is 0 Å². The third kappa shape index (κ3) is 4.57. The number of thiazole rings is 1. The Balaban J connectivity index is 1.48. The van der Waals surface area contributed by atoms with Crippen molar-refractivity contribution in [3.8, 4) is 0 Å². The summed E-state index contributed by atoms with van der Waals surface area (Å²) in [5.74, 6) is -2.70. The highest BCUT2D eigenvalue weighted by Crippen LogP contribution is 2.52. The predicted octanol–water partition coefficient (Wildman–Crippen LogP) is 2.77. The second-order valence-electron chi connectivity index (χ2n) is 11.1. The Bertz CT molecular complexity index is 1480. The fourth-order valence-corrected chi connectivity index (χ4v) is 8.45. The number of carbonyl (C=O) groups excluding carboxylic acids is 3. The molecule has 0 radical (unpaired) electrons. The van der Waals surface area contributed by atoms with Crippen molar-refractivity contribution < 1.29 is 37.4 Å². The van der Waals surface area contributed by atoms with E-state index < -0.39 is 57.5 Å². The van der Waals surface area contributed by atoms with Crippen molar-refractivity contribution in [2.24, 2.45) is 17.3 Å². The molecule has 39 heavy (non-hydrogen) atoms. The molecule has 1 saturated heterocycles. The first kappa shape index (κ1) is 27.8. The number of hydrogen-bond acceptors (Lipinski definition) is 10. The molecule has 2 aliphatic heterocycles. The van der Waals surface area contributed by atoms with Gasteiger partial charge >= 0.3 is 11.9 Å². The molecule has 2 aromatic rings. The fraction of sp³-hybridized carbons (Fsp3) is 0.615. The van der Waals surface area contributed by atoms with Gasteiger partial charge in [-0.05, 0) is 26.7 Å². The van der Waals surface area contributed by atoms with Crippen LogP contribution >= 0.6 is 11.3 Å². The van der Waals surface area contributed by atoms with Crippen LogP contribution in [0.15, 0.2) is 23.2 Å². The fourth-order valence-electron chi connectivity index (χ4n) is 6.10. The maximum atomic E-state index is 13.6. The molecular formula is C26H33N3O8S2. The van der Waals surface area contributed by atoms with Crippen molar-refractivity contribution in [2.45, 2.75) is 83.3 Å². The number of rotatable bonds is 7. The number of sulfone groups is 1. The minimum Gasteiger partial charge on any atom is -0.425 e. The lowest BCUT2D eigenvalue weighted by Crippen LogP contribution is -2.63. The number of carbonyl (C=O) groups is 3. The number of amides is 1. The highest BCUT2D eigenvalue weighted by molar-refractivity contribution is 7.91. The summed E-state index contributed by atoms with van der Waals surface area (Å²) in [6.07, 6.45) is 6.37. The summed E-state index contributed by atoms with van der Waals surface area (Å²) in [6, 6.07) is -0.469. The van der Waals surface area contributed by atoms with Crippen LogP contribution < -0.4 is 0 Å². The molecule has 13 heteroatoms. The van der Waals surface area contributed by atoms with E-state index in [2.05, 4.69) is 4.98 Å². The normalized spacial score (nSPS) is 26.3. The highest BCUT2D eigenvalue weighted by atomic mass is 32.2. The number of aliphatic hydroxyl groups is 1. The van der Waals surface area contributed by atoms with Crippen LogP contribution in [-0.4, -0.2) is 70.3 Å². The number of ether oxygens (including phenoxy) is 2. The number of aliphatic hydroxyl groups excluding tert-OH is 1. The van der Waals surface area contributed by atoms with E-state index >= 15 is 0 Å². The number of hydrogen-bond donors (Lipinski definition) is 1. The summed E-state index contributed by atoms with van der Waals surface area (Å²) >= 11 is 1.14. The summed E-state index contributed by atoms with van der Waals surface area (Å²) in [6.45, 7) is 6.72. The van der Waals surface area contributed by atoms with Crippen LogP contribution in [0, 0.1) is 17.3 Å². The predicted molar refractivity (Wildman–Crippen MR) is 141 cm³/mol. The van der Waals surface area contributed by atoms with Crippen molar-refractivity contribution >= 4 is 49.4 Å². The largest absolute Gasteiger partial charge is 0.425 e. The number of aromatic nitrogens is 2. The van der Waals surface area contributed by atoms with Gasteiger partial charge < -0.3 is 19.5 Å². The molecule has 1 unspecified atom stereocenters. The minimum absolute atomic E-state index is 0.0135. The maximum absolute atomic E-state index is 13.6. The van der Waals surface area contributed by atoms with Crippen molar-refractivity contribution in [1.82, 2.24) is 14.3 Å². The Labute approximate surface area is 230 Å². The van der Waals surface area contributed by atoms with Gasteiger partial charge in [-0.15, -0.1) is 11.3 Å². The monoisotopic (exact) mass is 579 g/mol. The van der Waals surface area contributed by atoms with Gasteiger partial charge in [0.25, 0.3) is 0 Å². The second-order valence-corrected chi connectivity index (χ2v) is 14.1. The molecule has 1 N–H and O–H groups in total. The number of β-lactam (4-membered cyclic amide) rings is 1. The van der Waals surface area contributed by atoms with Crippen LogP contribution in [0.4, 0.5) is 0 Å². The molecule has 212 valence electrons. The van der Waals surface area contributed by atoms with Gasteiger partial charge in [-0.1, -0.05) is 26.2 Å².